The Morgan fingerprint density at radius 3 is 2.27 bits per heavy atom. The van der Waals surface area contributed by atoms with Crippen LogP contribution in [0, 0.1) is 5.82 Å². The summed E-state index contributed by atoms with van der Waals surface area (Å²) in [6.45, 7) is 3.77. The van der Waals surface area contributed by atoms with Crippen molar-refractivity contribution < 1.29 is 19.3 Å². The molecule has 5 heteroatoms. The highest BCUT2D eigenvalue weighted by molar-refractivity contribution is 5.95. The number of hydrogen-bond donors (Lipinski definition) is 2. The second-order valence-corrected chi connectivity index (χ2v) is 7.25. The van der Waals surface area contributed by atoms with E-state index in [2.05, 4.69) is 24.4 Å². The molecule has 0 bridgehead atoms. The molecule has 0 spiro atoms. The Labute approximate surface area is 176 Å². The maximum Gasteiger partial charge on any atom is 0.279 e. The van der Waals surface area contributed by atoms with Crippen molar-refractivity contribution in [1.82, 2.24) is 0 Å². The number of rotatable bonds is 8. The zero-order valence-electron chi connectivity index (χ0n) is 17.2. The molecule has 1 atom stereocenters. The van der Waals surface area contributed by atoms with E-state index >= 15 is 0 Å². The normalized spacial score (nSPS) is 11.7. The van der Waals surface area contributed by atoms with Gasteiger partial charge in [-0.1, -0.05) is 43.3 Å². The van der Waals surface area contributed by atoms with Crippen molar-refractivity contribution in [3.63, 3.8) is 0 Å². The second-order valence-electron chi connectivity index (χ2n) is 7.25. The van der Waals surface area contributed by atoms with Crippen LogP contribution in [0.15, 0.2) is 72.8 Å². The van der Waals surface area contributed by atoms with Crippen molar-refractivity contribution in [2.75, 3.05) is 11.9 Å². The Bertz CT molecular complexity index is 1010. The van der Waals surface area contributed by atoms with E-state index in [1.807, 2.05) is 23.5 Å². The first-order chi connectivity index (χ1) is 14.5. The van der Waals surface area contributed by atoms with Gasteiger partial charge in [0.15, 0.2) is 12.3 Å². The Morgan fingerprint density at radius 1 is 0.967 bits per heavy atom. The van der Waals surface area contributed by atoms with E-state index in [-0.39, 0.29) is 30.1 Å². The molecule has 154 valence electrons. The fourth-order valence-corrected chi connectivity index (χ4v) is 3.35. The van der Waals surface area contributed by atoms with Crippen molar-refractivity contribution >= 4 is 17.4 Å². The predicted molar refractivity (Wildman–Crippen MR) is 116 cm³/mol. The van der Waals surface area contributed by atoms with Crippen LogP contribution in [-0.2, 0) is 11.2 Å². The number of amides is 1. The number of ketones is 1. The van der Waals surface area contributed by atoms with Gasteiger partial charge in [-0.25, -0.2) is 4.39 Å². The average molecular weight is 405 g/mol. The number of nitrogens with two attached hydrogens (primary N) is 1. The number of halogens is 1. The number of anilines is 1. The highest BCUT2D eigenvalue weighted by Gasteiger charge is 2.20. The number of hydrogen-bond acceptors (Lipinski definition) is 2. The summed E-state index contributed by atoms with van der Waals surface area (Å²) >= 11 is 0. The highest BCUT2D eigenvalue weighted by Crippen LogP contribution is 2.20. The van der Waals surface area contributed by atoms with Gasteiger partial charge in [0.2, 0.25) is 0 Å². The molecule has 3 rings (SSSR count). The largest absolute Gasteiger partial charge is 0.328 e. The minimum absolute atomic E-state index is 0.0202. The first-order valence-electron chi connectivity index (χ1n) is 10.0. The van der Waals surface area contributed by atoms with Crippen LogP contribution >= 0.6 is 0 Å². The fraction of sp³-hybridized carbons (Fsp3) is 0.200. The number of aryl methyl sites for hydroxylation is 1. The average Bonchev–Trinajstić information content (AvgIpc) is 2.75. The lowest BCUT2D eigenvalue weighted by Crippen LogP contribution is -2.87. The van der Waals surface area contributed by atoms with Crippen molar-refractivity contribution in [3.05, 3.63) is 101 Å². The van der Waals surface area contributed by atoms with E-state index in [0.29, 0.717) is 11.3 Å². The molecule has 0 saturated carbocycles. The van der Waals surface area contributed by atoms with Crippen LogP contribution in [0.5, 0.6) is 0 Å². The summed E-state index contributed by atoms with van der Waals surface area (Å²) in [6.07, 6.45) is 0.944. The van der Waals surface area contributed by atoms with Crippen LogP contribution in [0.4, 0.5) is 10.1 Å². The summed E-state index contributed by atoms with van der Waals surface area (Å²) in [7, 11) is 0. The number of carbonyl (C=O) groups is 2. The Morgan fingerprint density at radius 2 is 1.67 bits per heavy atom. The minimum atomic E-state index is -0.300. The van der Waals surface area contributed by atoms with Crippen LogP contribution in [-0.4, -0.2) is 18.2 Å². The SMILES string of the molecule is CCc1ccc([C@@H]([NH2+]CC(=O)Nc2ccc(C(C)=O)cc2)c2cccc(F)c2)cc1. The lowest BCUT2D eigenvalue weighted by molar-refractivity contribution is -0.676. The van der Waals surface area contributed by atoms with Crippen LogP contribution < -0.4 is 10.6 Å². The number of quaternary nitrogens is 1. The van der Waals surface area contributed by atoms with Crippen LogP contribution in [0.1, 0.15) is 46.9 Å². The molecular formula is C25H26FN2O2+. The first kappa shape index (κ1) is 21.4. The fourth-order valence-electron chi connectivity index (χ4n) is 3.35. The Hall–Kier alpha value is -3.31. The zero-order valence-corrected chi connectivity index (χ0v) is 17.2. The lowest BCUT2D eigenvalue weighted by atomic mass is 9.97. The standard InChI is InChI=1S/C25H25FN2O2/c1-3-18-7-9-20(10-8-18)25(21-5-4-6-22(26)15-21)27-16-24(30)28-23-13-11-19(12-14-23)17(2)29/h4-15,25,27H,3,16H2,1-2H3,(H,28,30)/p+1/t25-/m1/s1. The number of Topliss-reactive ketones (excluding diaryl/α,β-unsaturated/α-hetero) is 1. The summed E-state index contributed by atoms with van der Waals surface area (Å²) in [6, 6.07) is 21.3. The van der Waals surface area contributed by atoms with E-state index in [1.165, 1.54) is 24.6 Å². The maximum absolute atomic E-state index is 13.8. The zero-order chi connectivity index (χ0) is 21.5. The third kappa shape index (κ3) is 5.61. The summed E-state index contributed by atoms with van der Waals surface area (Å²) in [5.41, 5.74) is 4.27. The van der Waals surface area contributed by atoms with Gasteiger partial charge in [0.25, 0.3) is 5.91 Å². The Kier molecular flexibility index (Phi) is 7.09. The molecule has 30 heavy (non-hydrogen) atoms. The molecule has 0 fully saturated rings. The van der Waals surface area contributed by atoms with Crippen molar-refractivity contribution in [3.8, 4) is 0 Å². The molecule has 0 aliphatic carbocycles. The van der Waals surface area contributed by atoms with Crippen LogP contribution in [0.2, 0.25) is 0 Å². The van der Waals surface area contributed by atoms with Gasteiger partial charge < -0.3 is 10.6 Å². The van der Waals surface area contributed by atoms with Gasteiger partial charge in [0.1, 0.15) is 11.9 Å². The van der Waals surface area contributed by atoms with E-state index in [9.17, 15) is 14.0 Å². The number of nitrogens with one attached hydrogen (secondary N) is 1. The molecule has 3 N–H and O–H groups in total. The summed E-state index contributed by atoms with van der Waals surface area (Å²) in [5.74, 6) is -0.489. The molecule has 0 aliphatic rings. The van der Waals surface area contributed by atoms with Gasteiger partial charge in [0, 0.05) is 22.4 Å². The molecule has 0 saturated heterocycles. The van der Waals surface area contributed by atoms with Crippen LogP contribution in [0.25, 0.3) is 0 Å². The minimum Gasteiger partial charge on any atom is -0.328 e. The third-order valence-electron chi connectivity index (χ3n) is 5.07. The van der Waals surface area contributed by atoms with Gasteiger partial charge in [0.05, 0.1) is 0 Å². The van der Waals surface area contributed by atoms with Crippen LogP contribution in [0.3, 0.4) is 0 Å². The number of carbonyl (C=O) groups excluding carboxylic acids is 2. The lowest BCUT2D eigenvalue weighted by Gasteiger charge is -2.17. The monoisotopic (exact) mass is 405 g/mol. The van der Waals surface area contributed by atoms with Crippen molar-refractivity contribution in [2.24, 2.45) is 0 Å². The molecule has 0 aromatic heterocycles. The van der Waals surface area contributed by atoms with Gasteiger partial charge >= 0.3 is 0 Å². The molecule has 0 radical (unpaired) electrons. The van der Waals surface area contributed by atoms with Gasteiger partial charge in [-0.3, -0.25) is 9.59 Å². The molecule has 0 aliphatic heterocycles. The van der Waals surface area contributed by atoms with Gasteiger partial charge in [-0.2, -0.15) is 0 Å². The molecular weight excluding hydrogens is 379 g/mol. The summed E-state index contributed by atoms with van der Waals surface area (Å²) in [4.78, 5) is 23.9. The topological polar surface area (TPSA) is 62.8 Å². The van der Waals surface area contributed by atoms with Crippen molar-refractivity contribution in [1.29, 1.82) is 0 Å². The van der Waals surface area contributed by atoms with Gasteiger partial charge in [-0.05, 0) is 55.3 Å². The highest BCUT2D eigenvalue weighted by atomic mass is 19.1. The molecule has 3 aromatic rings. The molecule has 1 amide bonds. The van der Waals surface area contributed by atoms with E-state index < -0.39 is 0 Å². The van der Waals surface area contributed by atoms with E-state index in [4.69, 9.17) is 0 Å². The van der Waals surface area contributed by atoms with E-state index in [1.54, 1.807) is 30.3 Å². The smallest absolute Gasteiger partial charge is 0.279 e. The summed E-state index contributed by atoms with van der Waals surface area (Å²) < 4.78 is 13.8. The van der Waals surface area contributed by atoms with Crippen molar-refractivity contribution in [2.45, 2.75) is 26.3 Å². The number of benzene rings is 3. The second kappa shape index (κ2) is 9.94. The third-order valence-corrected chi connectivity index (χ3v) is 5.07. The summed E-state index contributed by atoms with van der Waals surface area (Å²) in [5, 5.41) is 4.74. The quantitative estimate of drug-likeness (QED) is 0.559. The maximum atomic E-state index is 13.8. The van der Waals surface area contributed by atoms with Gasteiger partial charge in [-0.15, -0.1) is 0 Å². The van der Waals surface area contributed by atoms with E-state index in [0.717, 1.165) is 17.5 Å². The molecule has 0 heterocycles. The Balaban J connectivity index is 1.72. The molecule has 3 aromatic carbocycles. The molecule has 0 unspecified atom stereocenters. The first-order valence-corrected chi connectivity index (χ1v) is 10.0. The predicted octanol–water partition coefficient (Wildman–Crippen LogP) is 3.88. The molecule has 4 nitrogen and oxygen atoms in total.